The Bertz CT molecular complexity index is 1170. The largest absolute Gasteiger partial charge is 0.508 e. The molecule has 26 heavy (non-hydrogen) atoms. The standard InChI is InChI=1S/C22H18O4/c1-13-8-17-16-9-14(2)20(25-12-15-6-4-3-5-7-15)10-18(16)22(24)26-21(17)11-19(13)23/h3-11,23H,12H2,1-2H3. The summed E-state index contributed by atoms with van der Waals surface area (Å²) in [4.78, 5) is 12.4. The van der Waals surface area contributed by atoms with Crippen molar-refractivity contribution in [1.82, 2.24) is 0 Å². The fourth-order valence-corrected chi connectivity index (χ4v) is 3.10. The van der Waals surface area contributed by atoms with Crippen molar-refractivity contribution in [3.8, 4) is 11.5 Å². The Kier molecular flexibility index (Phi) is 3.88. The molecule has 0 aliphatic carbocycles. The second-order valence-electron chi connectivity index (χ2n) is 6.46. The number of phenolic OH excluding ortho intramolecular Hbond substituents is 1. The maximum atomic E-state index is 12.4. The third kappa shape index (κ3) is 2.80. The smallest absolute Gasteiger partial charge is 0.344 e. The minimum absolute atomic E-state index is 0.111. The molecule has 4 rings (SSSR count). The van der Waals surface area contributed by atoms with E-state index < -0.39 is 5.63 Å². The van der Waals surface area contributed by atoms with Crippen LogP contribution in [0.4, 0.5) is 0 Å². The van der Waals surface area contributed by atoms with E-state index in [0.717, 1.165) is 27.5 Å². The summed E-state index contributed by atoms with van der Waals surface area (Å²) in [5.74, 6) is 0.767. The first kappa shape index (κ1) is 16.2. The Morgan fingerprint density at radius 1 is 0.923 bits per heavy atom. The highest BCUT2D eigenvalue weighted by molar-refractivity contribution is 6.05. The molecule has 0 spiro atoms. The fourth-order valence-electron chi connectivity index (χ4n) is 3.10. The summed E-state index contributed by atoms with van der Waals surface area (Å²) in [6.45, 7) is 4.20. The first-order chi connectivity index (χ1) is 12.5. The molecular formula is C22H18O4. The molecule has 0 aliphatic rings. The Hall–Kier alpha value is -3.27. The lowest BCUT2D eigenvalue weighted by molar-refractivity contribution is 0.304. The first-order valence-corrected chi connectivity index (χ1v) is 8.40. The molecule has 1 N–H and O–H groups in total. The van der Waals surface area contributed by atoms with Gasteiger partial charge in [-0.1, -0.05) is 30.3 Å². The summed E-state index contributed by atoms with van der Waals surface area (Å²) in [6.07, 6.45) is 0. The predicted octanol–water partition coefficient (Wildman–Crippen LogP) is 4.85. The number of benzene rings is 3. The molecule has 4 heteroatoms. The van der Waals surface area contributed by atoms with Crippen molar-refractivity contribution in [3.05, 3.63) is 81.7 Å². The van der Waals surface area contributed by atoms with Crippen molar-refractivity contribution in [1.29, 1.82) is 0 Å². The van der Waals surface area contributed by atoms with Gasteiger partial charge in [0.05, 0.1) is 5.39 Å². The van der Waals surface area contributed by atoms with Gasteiger partial charge in [0, 0.05) is 16.8 Å². The summed E-state index contributed by atoms with van der Waals surface area (Å²) < 4.78 is 11.3. The van der Waals surface area contributed by atoms with Crippen LogP contribution in [0.1, 0.15) is 16.7 Å². The summed E-state index contributed by atoms with van der Waals surface area (Å²) >= 11 is 0. The van der Waals surface area contributed by atoms with Gasteiger partial charge < -0.3 is 14.3 Å². The molecule has 0 unspecified atom stereocenters. The summed E-state index contributed by atoms with van der Waals surface area (Å²) in [6, 6.07) is 16.9. The topological polar surface area (TPSA) is 59.7 Å². The van der Waals surface area contributed by atoms with Crippen LogP contribution in [-0.4, -0.2) is 5.11 Å². The van der Waals surface area contributed by atoms with E-state index in [-0.39, 0.29) is 5.75 Å². The zero-order valence-electron chi connectivity index (χ0n) is 14.6. The molecule has 4 nitrogen and oxygen atoms in total. The Morgan fingerprint density at radius 2 is 1.65 bits per heavy atom. The van der Waals surface area contributed by atoms with Gasteiger partial charge in [-0.15, -0.1) is 0 Å². The number of hydrogen-bond acceptors (Lipinski definition) is 4. The predicted molar refractivity (Wildman–Crippen MR) is 102 cm³/mol. The molecule has 0 saturated heterocycles. The monoisotopic (exact) mass is 346 g/mol. The summed E-state index contributed by atoms with van der Waals surface area (Å²) in [5.41, 5.74) is 2.66. The van der Waals surface area contributed by atoms with Gasteiger partial charge in [0.1, 0.15) is 23.7 Å². The summed E-state index contributed by atoms with van der Waals surface area (Å²) in [7, 11) is 0. The van der Waals surface area contributed by atoms with Crippen molar-refractivity contribution in [2.24, 2.45) is 0 Å². The van der Waals surface area contributed by atoms with Gasteiger partial charge in [-0.05, 0) is 48.7 Å². The zero-order chi connectivity index (χ0) is 18.3. The van der Waals surface area contributed by atoms with Gasteiger partial charge >= 0.3 is 5.63 Å². The molecule has 4 aromatic rings. The first-order valence-electron chi connectivity index (χ1n) is 8.40. The normalized spacial score (nSPS) is 11.2. The minimum Gasteiger partial charge on any atom is -0.508 e. The molecule has 0 aliphatic heterocycles. The van der Waals surface area contributed by atoms with E-state index in [1.807, 2.05) is 56.3 Å². The maximum absolute atomic E-state index is 12.4. The Morgan fingerprint density at radius 3 is 2.42 bits per heavy atom. The average molecular weight is 346 g/mol. The quantitative estimate of drug-likeness (QED) is 0.426. The molecule has 0 amide bonds. The second-order valence-corrected chi connectivity index (χ2v) is 6.46. The fraction of sp³-hybridized carbons (Fsp3) is 0.136. The number of aryl methyl sites for hydroxylation is 2. The average Bonchev–Trinajstić information content (AvgIpc) is 2.63. The van der Waals surface area contributed by atoms with Crippen LogP contribution in [0.15, 0.2) is 63.8 Å². The van der Waals surface area contributed by atoms with Crippen LogP contribution in [-0.2, 0) is 6.61 Å². The van der Waals surface area contributed by atoms with E-state index in [4.69, 9.17) is 9.15 Å². The van der Waals surface area contributed by atoms with E-state index in [1.165, 1.54) is 6.07 Å². The van der Waals surface area contributed by atoms with Crippen molar-refractivity contribution in [3.63, 3.8) is 0 Å². The van der Waals surface area contributed by atoms with Gasteiger partial charge in [0.15, 0.2) is 0 Å². The van der Waals surface area contributed by atoms with Crippen molar-refractivity contribution in [2.45, 2.75) is 20.5 Å². The number of rotatable bonds is 3. The molecule has 0 atom stereocenters. The number of aromatic hydroxyl groups is 1. The van der Waals surface area contributed by atoms with E-state index in [9.17, 15) is 9.90 Å². The number of phenols is 1. The van der Waals surface area contributed by atoms with E-state index in [2.05, 4.69) is 0 Å². The molecule has 1 heterocycles. The van der Waals surface area contributed by atoms with Crippen LogP contribution >= 0.6 is 0 Å². The number of hydrogen-bond donors (Lipinski definition) is 1. The molecule has 0 saturated carbocycles. The van der Waals surface area contributed by atoms with Crippen LogP contribution in [0.25, 0.3) is 21.7 Å². The highest BCUT2D eigenvalue weighted by Gasteiger charge is 2.13. The van der Waals surface area contributed by atoms with Crippen LogP contribution in [0.5, 0.6) is 11.5 Å². The van der Waals surface area contributed by atoms with Crippen LogP contribution in [0.3, 0.4) is 0 Å². The third-order valence-corrected chi connectivity index (χ3v) is 4.56. The van der Waals surface area contributed by atoms with Crippen molar-refractivity contribution < 1.29 is 14.3 Å². The molecule has 130 valence electrons. The lowest BCUT2D eigenvalue weighted by Crippen LogP contribution is -2.03. The Balaban J connectivity index is 1.84. The number of fused-ring (bicyclic) bond motifs is 3. The van der Waals surface area contributed by atoms with E-state index >= 15 is 0 Å². The minimum atomic E-state index is -0.444. The highest BCUT2D eigenvalue weighted by Crippen LogP contribution is 2.32. The van der Waals surface area contributed by atoms with Gasteiger partial charge in [0.25, 0.3) is 0 Å². The van der Waals surface area contributed by atoms with Crippen LogP contribution in [0, 0.1) is 13.8 Å². The van der Waals surface area contributed by atoms with Crippen molar-refractivity contribution >= 4 is 21.7 Å². The molecule has 0 radical (unpaired) electrons. The van der Waals surface area contributed by atoms with E-state index in [0.29, 0.717) is 23.3 Å². The molecule has 1 aromatic heterocycles. The molecule has 0 bridgehead atoms. The van der Waals surface area contributed by atoms with Gasteiger partial charge in [-0.25, -0.2) is 4.79 Å². The maximum Gasteiger partial charge on any atom is 0.344 e. The van der Waals surface area contributed by atoms with Crippen LogP contribution in [0.2, 0.25) is 0 Å². The van der Waals surface area contributed by atoms with E-state index in [1.54, 1.807) is 6.07 Å². The summed E-state index contributed by atoms with van der Waals surface area (Å²) in [5, 5.41) is 11.9. The lowest BCUT2D eigenvalue weighted by Gasteiger charge is -2.12. The van der Waals surface area contributed by atoms with Gasteiger partial charge in [-0.2, -0.15) is 0 Å². The SMILES string of the molecule is Cc1cc2c(cc1O)oc(=O)c1cc(OCc3ccccc3)c(C)cc12. The molecule has 3 aromatic carbocycles. The highest BCUT2D eigenvalue weighted by atomic mass is 16.5. The van der Waals surface area contributed by atoms with Gasteiger partial charge in [0.2, 0.25) is 0 Å². The zero-order valence-corrected chi connectivity index (χ0v) is 14.6. The number of ether oxygens (including phenoxy) is 1. The molecule has 0 fully saturated rings. The molecular weight excluding hydrogens is 328 g/mol. The van der Waals surface area contributed by atoms with Gasteiger partial charge in [-0.3, -0.25) is 0 Å². The third-order valence-electron chi connectivity index (χ3n) is 4.56. The second kappa shape index (κ2) is 6.23. The Labute approximate surface area is 150 Å². The lowest BCUT2D eigenvalue weighted by atomic mass is 10.0. The van der Waals surface area contributed by atoms with Crippen LogP contribution < -0.4 is 10.4 Å². The van der Waals surface area contributed by atoms with Crippen molar-refractivity contribution in [2.75, 3.05) is 0 Å².